The first-order valence-corrected chi connectivity index (χ1v) is 7.87. The number of carboxylic acid groups (broad SMARTS) is 1. The van der Waals surface area contributed by atoms with Gasteiger partial charge in [0.1, 0.15) is 0 Å². The molecule has 0 spiro atoms. The molecule has 0 bridgehead atoms. The minimum Gasteiger partial charge on any atom is -0.478 e. The SMILES string of the molecule is CCC(CC)(CNCc1cccc(C(=O)O)c1)SC. The first-order chi connectivity index (χ1) is 9.06. The average molecular weight is 281 g/mol. The van der Waals surface area contributed by atoms with Crippen molar-refractivity contribution >= 4 is 17.7 Å². The van der Waals surface area contributed by atoms with Gasteiger partial charge in [-0.25, -0.2) is 4.79 Å². The molecule has 0 heterocycles. The lowest BCUT2D eigenvalue weighted by atomic mass is 10.0. The molecule has 2 N–H and O–H groups in total. The van der Waals surface area contributed by atoms with Gasteiger partial charge >= 0.3 is 5.97 Å². The van der Waals surface area contributed by atoms with Gasteiger partial charge in [0.15, 0.2) is 0 Å². The molecule has 0 aliphatic heterocycles. The van der Waals surface area contributed by atoms with Crippen LogP contribution in [-0.2, 0) is 6.54 Å². The second-order valence-electron chi connectivity index (χ2n) is 4.70. The first kappa shape index (κ1) is 16.1. The van der Waals surface area contributed by atoms with E-state index < -0.39 is 5.97 Å². The summed E-state index contributed by atoms with van der Waals surface area (Å²) in [5.41, 5.74) is 1.36. The highest BCUT2D eigenvalue weighted by Crippen LogP contribution is 2.29. The van der Waals surface area contributed by atoms with E-state index in [-0.39, 0.29) is 4.75 Å². The highest BCUT2D eigenvalue weighted by Gasteiger charge is 2.23. The molecule has 106 valence electrons. The van der Waals surface area contributed by atoms with E-state index in [1.165, 1.54) is 0 Å². The second-order valence-corrected chi connectivity index (χ2v) is 5.98. The van der Waals surface area contributed by atoms with Crippen molar-refractivity contribution in [2.75, 3.05) is 12.8 Å². The molecule has 1 rings (SSSR count). The van der Waals surface area contributed by atoms with Crippen LogP contribution >= 0.6 is 11.8 Å². The fourth-order valence-corrected chi connectivity index (χ4v) is 2.93. The van der Waals surface area contributed by atoms with E-state index in [1.807, 2.05) is 17.8 Å². The van der Waals surface area contributed by atoms with Crippen LogP contribution in [-0.4, -0.2) is 28.6 Å². The Kier molecular flexibility index (Phi) is 6.38. The fraction of sp³-hybridized carbons (Fsp3) is 0.533. The molecule has 4 heteroatoms. The predicted molar refractivity (Wildman–Crippen MR) is 81.9 cm³/mol. The summed E-state index contributed by atoms with van der Waals surface area (Å²) in [4.78, 5) is 10.9. The Bertz CT molecular complexity index is 408. The second kappa shape index (κ2) is 7.56. The summed E-state index contributed by atoms with van der Waals surface area (Å²) >= 11 is 1.90. The number of hydrogen-bond donors (Lipinski definition) is 2. The third kappa shape index (κ3) is 4.55. The van der Waals surface area contributed by atoms with Crippen molar-refractivity contribution in [2.45, 2.75) is 38.0 Å². The number of carboxylic acids is 1. The molecule has 0 aliphatic carbocycles. The van der Waals surface area contributed by atoms with Crippen molar-refractivity contribution in [1.29, 1.82) is 0 Å². The number of aromatic carboxylic acids is 1. The molecule has 0 aromatic heterocycles. The zero-order valence-corrected chi connectivity index (χ0v) is 12.7. The number of rotatable bonds is 8. The summed E-state index contributed by atoms with van der Waals surface area (Å²) in [5, 5.41) is 12.4. The van der Waals surface area contributed by atoms with Gasteiger partial charge < -0.3 is 10.4 Å². The van der Waals surface area contributed by atoms with Crippen molar-refractivity contribution in [2.24, 2.45) is 0 Å². The molecule has 0 fully saturated rings. The Morgan fingerprint density at radius 1 is 1.37 bits per heavy atom. The Morgan fingerprint density at radius 3 is 2.58 bits per heavy atom. The molecule has 0 saturated heterocycles. The lowest BCUT2D eigenvalue weighted by Crippen LogP contribution is -2.36. The van der Waals surface area contributed by atoms with Crippen molar-refractivity contribution in [3.63, 3.8) is 0 Å². The van der Waals surface area contributed by atoms with E-state index >= 15 is 0 Å². The number of hydrogen-bond acceptors (Lipinski definition) is 3. The lowest BCUT2D eigenvalue weighted by molar-refractivity contribution is 0.0696. The summed E-state index contributed by atoms with van der Waals surface area (Å²) in [6.45, 7) is 6.08. The maximum absolute atomic E-state index is 10.9. The van der Waals surface area contributed by atoms with Crippen LogP contribution < -0.4 is 5.32 Å². The minimum atomic E-state index is -0.873. The topological polar surface area (TPSA) is 49.3 Å². The molecule has 1 aromatic carbocycles. The summed E-state index contributed by atoms with van der Waals surface area (Å²) in [7, 11) is 0. The van der Waals surface area contributed by atoms with Crippen molar-refractivity contribution in [1.82, 2.24) is 5.32 Å². The van der Waals surface area contributed by atoms with Crippen LogP contribution in [0.25, 0.3) is 0 Å². The van der Waals surface area contributed by atoms with Crippen LogP contribution in [0.1, 0.15) is 42.6 Å². The number of thioether (sulfide) groups is 1. The van der Waals surface area contributed by atoms with Crippen molar-refractivity contribution < 1.29 is 9.90 Å². The van der Waals surface area contributed by atoms with Gasteiger partial charge in [0.05, 0.1) is 5.56 Å². The van der Waals surface area contributed by atoms with E-state index in [0.29, 0.717) is 12.1 Å². The molecule has 0 radical (unpaired) electrons. The molecule has 1 aromatic rings. The number of benzene rings is 1. The molecule has 0 saturated carbocycles. The molecule has 0 amide bonds. The third-order valence-electron chi connectivity index (χ3n) is 3.67. The summed E-state index contributed by atoms with van der Waals surface area (Å²) in [6, 6.07) is 7.10. The van der Waals surface area contributed by atoms with Gasteiger partial charge in [0.2, 0.25) is 0 Å². The molecule has 0 aliphatic rings. The third-order valence-corrected chi connectivity index (χ3v) is 5.26. The van der Waals surface area contributed by atoms with E-state index in [4.69, 9.17) is 5.11 Å². The fourth-order valence-electron chi connectivity index (χ4n) is 2.11. The molecule has 0 atom stereocenters. The van der Waals surface area contributed by atoms with Gasteiger partial charge in [-0.05, 0) is 36.8 Å². The highest BCUT2D eigenvalue weighted by molar-refractivity contribution is 8.00. The van der Waals surface area contributed by atoms with Crippen molar-refractivity contribution in [3.8, 4) is 0 Å². The van der Waals surface area contributed by atoms with Gasteiger partial charge in [0.25, 0.3) is 0 Å². The van der Waals surface area contributed by atoms with Crippen LogP contribution in [0.15, 0.2) is 24.3 Å². The minimum absolute atomic E-state index is 0.282. The summed E-state index contributed by atoms with van der Waals surface area (Å²) < 4.78 is 0.282. The zero-order chi connectivity index (χ0) is 14.3. The maximum Gasteiger partial charge on any atom is 0.335 e. The van der Waals surface area contributed by atoms with E-state index in [2.05, 4.69) is 25.4 Å². The molecule has 3 nitrogen and oxygen atoms in total. The van der Waals surface area contributed by atoms with Crippen molar-refractivity contribution in [3.05, 3.63) is 35.4 Å². The quantitative estimate of drug-likeness (QED) is 0.767. The van der Waals surface area contributed by atoms with Crippen LogP contribution in [0.3, 0.4) is 0 Å². The molecular formula is C15H23NO2S. The van der Waals surface area contributed by atoms with Crippen LogP contribution in [0.5, 0.6) is 0 Å². The maximum atomic E-state index is 10.9. The van der Waals surface area contributed by atoms with Gasteiger partial charge in [0, 0.05) is 17.8 Å². The van der Waals surface area contributed by atoms with Crippen LogP contribution in [0.4, 0.5) is 0 Å². The highest BCUT2D eigenvalue weighted by atomic mass is 32.2. The number of carbonyl (C=O) groups is 1. The molecular weight excluding hydrogens is 258 g/mol. The zero-order valence-electron chi connectivity index (χ0n) is 11.9. The smallest absolute Gasteiger partial charge is 0.335 e. The van der Waals surface area contributed by atoms with E-state index in [0.717, 1.165) is 24.9 Å². The van der Waals surface area contributed by atoms with Gasteiger partial charge in [-0.15, -0.1) is 0 Å². The van der Waals surface area contributed by atoms with Crippen LogP contribution in [0, 0.1) is 0 Å². The first-order valence-electron chi connectivity index (χ1n) is 6.65. The number of nitrogens with one attached hydrogen (secondary N) is 1. The summed E-state index contributed by atoms with van der Waals surface area (Å²) in [5.74, 6) is -0.873. The van der Waals surface area contributed by atoms with Crippen LogP contribution in [0.2, 0.25) is 0 Å². The normalized spacial score (nSPS) is 11.5. The largest absolute Gasteiger partial charge is 0.478 e. The van der Waals surface area contributed by atoms with Gasteiger partial charge in [-0.2, -0.15) is 11.8 Å². The Labute approximate surface area is 119 Å². The Morgan fingerprint density at radius 2 is 2.05 bits per heavy atom. The predicted octanol–water partition coefficient (Wildman–Crippen LogP) is 3.40. The average Bonchev–Trinajstić information content (AvgIpc) is 2.44. The van der Waals surface area contributed by atoms with Gasteiger partial charge in [-0.1, -0.05) is 26.0 Å². The Hall–Kier alpha value is -1.00. The van der Waals surface area contributed by atoms with Gasteiger partial charge in [-0.3, -0.25) is 0 Å². The standard InChI is InChI=1S/C15H23NO2S/c1-4-15(5-2,19-3)11-16-10-12-7-6-8-13(9-12)14(17)18/h6-9,16H,4-5,10-11H2,1-3H3,(H,17,18). The molecule has 0 unspecified atom stereocenters. The Balaban J connectivity index is 2.57. The molecule has 19 heavy (non-hydrogen) atoms. The van der Waals surface area contributed by atoms with E-state index in [1.54, 1.807) is 18.2 Å². The monoisotopic (exact) mass is 281 g/mol. The van der Waals surface area contributed by atoms with E-state index in [9.17, 15) is 4.79 Å². The lowest BCUT2D eigenvalue weighted by Gasteiger charge is -2.30. The summed E-state index contributed by atoms with van der Waals surface area (Å²) in [6.07, 6.45) is 4.42.